The third-order valence-electron chi connectivity index (χ3n) is 6.16. The molecule has 2 aliphatic carbocycles. The van der Waals surface area contributed by atoms with Gasteiger partial charge in [-0.25, -0.2) is 0 Å². The minimum absolute atomic E-state index is 0.193. The van der Waals surface area contributed by atoms with E-state index in [2.05, 4.69) is 40.0 Å². The zero-order chi connectivity index (χ0) is 21.3. The zero-order valence-electron chi connectivity index (χ0n) is 16.2. The van der Waals surface area contributed by atoms with Gasteiger partial charge in [0, 0.05) is 35.4 Å². The van der Waals surface area contributed by atoms with Crippen molar-refractivity contribution in [2.45, 2.75) is 18.6 Å². The number of hydrogen-bond acceptors (Lipinski definition) is 4. The van der Waals surface area contributed by atoms with Crippen molar-refractivity contribution in [1.82, 2.24) is 15.1 Å². The van der Waals surface area contributed by atoms with Crippen LogP contribution in [0.3, 0.4) is 0 Å². The Morgan fingerprint density at radius 3 is 2.58 bits per heavy atom. The largest absolute Gasteiger partial charge is 0.416 e. The van der Waals surface area contributed by atoms with Gasteiger partial charge in [0.2, 0.25) is 11.8 Å². The van der Waals surface area contributed by atoms with Gasteiger partial charge in [0.25, 0.3) is 0 Å². The molecule has 154 valence electrons. The lowest BCUT2D eigenvalue weighted by molar-refractivity contribution is -0.137. The standard InChI is InChI=1S/C24H16F3N3O/c1-13-20-17-10-7-15(12-18(17)19-4-2-3-11-30(19)21(13)20)23-29-28-22(31-23)14-5-8-16(9-6-14)24(25,26)27/h2-11,20-21H,1,12H2. The van der Waals surface area contributed by atoms with Gasteiger partial charge in [-0.05, 0) is 53.1 Å². The monoisotopic (exact) mass is 419 g/mol. The van der Waals surface area contributed by atoms with Gasteiger partial charge < -0.3 is 9.32 Å². The van der Waals surface area contributed by atoms with Gasteiger partial charge >= 0.3 is 6.18 Å². The second-order valence-corrected chi connectivity index (χ2v) is 7.95. The molecule has 7 heteroatoms. The molecule has 1 saturated carbocycles. The lowest BCUT2D eigenvalue weighted by Gasteiger charge is -2.33. The Balaban J connectivity index is 1.32. The smallest absolute Gasteiger partial charge is 0.416 e. The number of hydrogen-bond donors (Lipinski definition) is 0. The highest BCUT2D eigenvalue weighted by molar-refractivity contribution is 5.73. The predicted octanol–water partition coefficient (Wildman–Crippen LogP) is 5.68. The summed E-state index contributed by atoms with van der Waals surface area (Å²) >= 11 is 0. The molecule has 0 amide bonds. The summed E-state index contributed by atoms with van der Waals surface area (Å²) in [5, 5.41) is 8.20. The van der Waals surface area contributed by atoms with E-state index in [1.165, 1.54) is 28.9 Å². The Labute approximate surface area is 176 Å². The summed E-state index contributed by atoms with van der Waals surface area (Å²) in [7, 11) is 0. The van der Waals surface area contributed by atoms with Crippen molar-refractivity contribution in [1.29, 1.82) is 0 Å². The molecular weight excluding hydrogens is 403 g/mol. The molecule has 2 atom stereocenters. The van der Waals surface area contributed by atoms with Gasteiger partial charge in [-0.1, -0.05) is 24.8 Å². The van der Waals surface area contributed by atoms with E-state index < -0.39 is 11.7 Å². The topological polar surface area (TPSA) is 42.2 Å². The first-order chi connectivity index (χ1) is 14.9. The molecule has 1 aromatic carbocycles. The summed E-state index contributed by atoms with van der Waals surface area (Å²) in [5.74, 6) is 0.911. The average Bonchev–Trinajstić information content (AvgIpc) is 3.21. The molecule has 1 aromatic heterocycles. The Morgan fingerprint density at radius 1 is 1.03 bits per heavy atom. The van der Waals surface area contributed by atoms with Crippen molar-refractivity contribution in [3.63, 3.8) is 0 Å². The van der Waals surface area contributed by atoms with Gasteiger partial charge in [-0.3, -0.25) is 0 Å². The second kappa shape index (κ2) is 6.20. The normalized spacial score (nSPS) is 23.8. The molecule has 4 aliphatic rings. The van der Waals surface area contributed by atoms with Crippen molar-refractivity contribution < 1.29 is 17.6 Å². The van der Waals surface area contributed by atoms with Crippen LogP contribution in [0.5, 0.6) is 0 Å². The van der Waals surface area contributed by atoms with Gasteiger partial charge in [0.15, 0.2) is 0 Å². The van der Waals surface area contributed by atoms with E-state index in [1.54, 1.807) is 0 Å². The quantitative estimate of drug-likeness (QED) is 0.588. The highest BCUT2D eigenvalue weighted by Gasteiger charge is 2.53. The first-order valence-electron chi connectivity index (χ1n) is 9.89. The lowest BCUT2D eigenvalue weighted by atomic mass is 9.85. The van der Waals surface area contributed by atoms with E-state index in [-0.39, 0.29) is 5.89 Å². The number of aromatic nitrogens is 2. The maximum Gasteiger partial charge on any atom is 0.416 e. The number of alkyl halides is 3. The summed E-state index contributed by atoms with van der Waals surface area (Å²) in [5.41, 5.74) is 5.49. The highest BCUT2D eigenvalue weighted by Crippen LogP contribution is 2.57. The molecule has 0 saturated heterocycles. The van der Waals surface area contributed by atoms with Crippen molar-refractivity contribution in [3.05, 3.63) is 101 Å². The Kier molecular flexibility index (Phi) is 3.64. The molecule has 2 unspecified atom stereocenters. The molecule has 0 spiro atoms. The van der Waals surface area contributed by atoms with Crippen LogP contribution >= 0.6 is 0 Å². The van der Waals surface area contributed by atoms with Crippen LogP contribution in [0.1, 0.15) is 17.9 Å². The lowest BCUT2D eigenvalue weighted by Crippen LogP contribution is -2.28. The molecule has 4 nitrogen and oxygen atoms in total. The summed E-state index contributed by atoms with van der Waals surface area (Å²) in [6, 6.07) is 5.04. The summed E-state index contributed by atoms with van der Waals surface area (Å²) in [6.45, 7) is 4.23. The number of nitrogens with zero attached hydrogens (tertiary/aromatic N) is 3. The van der Waals surface area contributed by atoms with Crippen LogP contribution in [0, 0.1) is 5.92 Å². The first-order valence-corrected chi connectivity index (χ1v) is 9.89. The minimum atomic E-state index is -4.38. The van der Waals surface area contributed by atoms with Gasteiger partial charge in [0.1, 0.15) is 0 Å². The maximum atomic E-state index is 12.8. The summed E-state index contributed by atoms with van der Waals surface area (Å²) in [4.78, 5) is 2.27. The molecule has 31 heavy (non-hydrogen) atoms. The number of halogens is 3. The molecule has 2 aliphatic heterocycles. The number of fused-ring (bicyclic) bond motifs is 5. The molecule has 0 radical (unpaired) electrons. The fourth-order valence-corrected chi connectivity index (χ4v) is 4.55. The van der Waals surface area contributed by atoms with E-state index in [0.717, 1.165) is 23.4 Å². The van der Waals surface area contributed by atoms with Crippen molar-refractivity contribution >= 4 is 5.57 Å². The van der Waals surface area contributed by atoms with E-state index in [9.17, 15) is 13.2 Å². The highest BCUT2D eigenvalue weighted by atomic mass is 19.4. The van der Waals surface area contributed by atoms with E-state index in [4.69, 9.17) is 4.42 Å². The Morgan fingerprint density at radius 2 is 1.81 bits per heavy atom. The van der Waals surface area contributed by atoms with Gasteiger partial charge in [0.05, 0.1) is 11.6 Å². The van der Waals surface area contributed by atoms with E-state index in [0.29, 0.717) is 29.8 Å². The van der Waals surface area contributed by atoms with Crippen LogP contribution in [0.4, 0.5) is 13.2 Å². The minimum Gasteiger partial charge on any atom is -0.416 e. The molecule has 0 N–H and O–H groups in total. The van der Waals surface area contributed by atoms with E-state index >= 15 is 0 Å². The summed E-state index contributed by atoms with van der Waals surface area (Å²) in [6.07, 6.45) is 8.59. The Bertz CT molecular complexity index is 1270. The number of rotatable bonds is 2. The second-order valence-electron chi connectivity index (χ2n) is 7.95. The number of benzene rings is 1. The third kappa shape index (κ3) is 2.76. The SMILES string of the molecule is C=C1C2C3=CC=C(c4nnc(-c5ccc(C(F)(F)F)cc5)o4)CC3=C3C=CC=CN3C12. The molecule has 6 rings (SSSR count). The van der Waals surface area contributed by atoms with Gasteiger partial charge in [-0.15, -0.1) is 10.2 Å². The van der Waals surface area contributed by atoms with Crippen LogP contribution in [0.2, 0.25) is 0 Å². The van der Waals surface area contributed by atoms with Crippen molar-refractivity contribution in [2.75, 3.05) is 0 Å². The zero-order valence-corrected chi connectivity index (χ0v) is 16.2. The van der Waals surface area contributed by atoms with E-state index in [1.807, 2.05) is 18.2 Å². The van der Waals surface area contributed by atoms with Crippen LogP contribution in [0.25, 0.3) is 17.0 Å². The molecule has 2 aromatic rings. The van der Waals surface area contributed by atoms with Crippen molar-refractivity contribution in [2.24, 2.45) is 5.92 Å². The maximum absolute atomic E-state index is 12.8. The summed E-state index contributed by atoms with van der Waals surface area (Å²) < 4.78 is 44.2. The predicted molar refractivity (Wildman–Crippen MR) is 109 cm³/mol. The van der Waals surface area contributed by atoms with Crippen LogP contribution in [-0.4, -0.2) is 21.1 Å². The molecule has 1 fully saturated rings. The Hall–Kier alpha value is -3.61. The molecular formula is C24H16F3N3O. The van der Waals surface area contributed by atoms with Crippen LogP contribution < -0.4 is 0 Å². The van der Waals surface area contributed by atoms with Gasteiger partial charge in [-0.2, -0.15) is 13.2 Å². The fourth-order valence-electron chi connectivity index (χ4n) is 4.55. The van der Waals surface area contributed by atoms with Crippen molar-refractivity contribution in [3.8, 4) is 11.5 Å². The third-order valence-corrected chi connectivity index (χ3v) is 6.16. The average molecular weight is 419 g/mol. The first kappa shape index (κ1) is 18.2. The van der Waals surface area contributed by atoms with Crippen LogP contribution in [0.15, 0.2) is 94.3 Å². The fraction of sp³-hybridized carbons (Fsp3) is 0.167. The molecule has 3 heterocycles. The number of allylic oxidation sites excluding steroid dienone is 7. The van der Waals surface area contributed by atoms with Crippen LogP contribution in [-0.2, 0) is 6.18 Å². The molecule has 0 bridgehead atoms.